The van der Waals surface area contributed by atoms with Gasteiger partial charge in [0.1, 0.15) is 78.5 Å². The third-order valence-corrected chi connectivity index (χ3v) is 27.9. The highest BCUT2D eigenvalue weighted by Gasteiger charge is 2.46. The van der Waals surface area contributed by atoms with Crippen molar-refractivity contribution >= 4 is 149 Å². The number of carbonyl (C=O) groups is 14. The number of carboxylic acid groups (broad SMARTS) is 1. The van der Waals surface area contributed by atoms with Gasteiger partial charge in [-0.2, -0.15) is 0 Å². The average molecular weight is 2010 g/mol. The predicted molar refractivity (Wildman–Crippen MR) is 551 cm³/mol. The molecule has 0 aliphatic carbocycles. The number of unbranched alkanes of at least 4 members (excludes halogenated alkanes) is 1. The topological polar surface area (TPSA) is 664 Å². The summed E-state index contributed by atoms with van der Waals surface area (Å²) in [7, 11) is 0. The second kappa shape index (κ2) is 51.3. The van der Waals surface area contributed by atoms with Gasteiger partial charge in [0.15, 0.2) is 11.9 Å². The van der Waals surface area contributed by atoms with Crippen molar-refractivity contribution in [1.29, 1.82) is 10.8 Å². The first-order valence-corrected chi connectivity index (χ1v) is 50.4. The van der Waals surface area contributed by atoms with Crippen LogP contribution in [0.25, 0.3) is 54.5 Å². The minimum atomic E-state index is -1.57. The number of H-pyrrole nitrogens is 5. The molecule has 13 rings (SSSR count). The first-order valence-electron chi connectivity index (χ1n) is 50.4. The van der Waals surface area contributed by atoms with Gasteiger partial charge < -0.3 is 137 Å². The van der Waals surface area contributed by atoms with Crippen molar-refractivity contribution in [2.24, 2.45) is 34.8 Å². The lowest BCUT2D eigenvalue weighted by Gasteiger charge is -2.32. The first-order chi connectivity index (χ1) is 70.3. The van der Waals surface area contributed by atoms with Crippen LogP contribution >= 0.6 is 0 Å². The van der Waals surface area contributed by atoms with Crippen LogP contribution in [0.2, 0.25) is 0 Å². The smallest absolute Gasteiger partial charge is 0.326 e. The number of fused-ring (bicyclic) bond motifs is 5. The minimum absolute atomic E-state index is 0.00179. The summed E-state index contributed by atoms with van der Waals surface area (Å²) in [6.07, 6.45) is 10.2. The van der Waals surface area contributed by atoms with Crippen molar-refractivity contribution in [3.05, 3.63) is 180 Å². The Hall–Kier alpha value is -15.2. The van der Waals surface area contributed by atoms with Gasteiger partial charge in [-0.1, -0.05) is 125 Å². The van der Waals surface area contributed by atoms with Crippen LogP contribution in [-0.2, 0) is 99.2 Å². The summed E-state index contributed by atoms with van der Waals surface area (Å²) >= 11 is 0. The second-order valence-corrected chi connectivity index (χ2v) is 38.6. The van der Waals surface area contributed by atoms with Gasteiger partial charge in [0, 0.05) is 163 Å². The summed E-state index contributed by atoms with van der Waals surface area (Å²) in [6.45, 7) is 7.46. The molecular formula is C104H138N26O16. The molecule has 5 aromatic heterocycles. The Bertz CT molecular complexity index is 6320. The number of likely N-dealkylation sites (tertiary alicyclic amines) is 3. The summed E-state index contributed by atoms with van der Waals surface area (Å²) in [5.41, 5.74) is 30.2. The number of carboxylic acids is 1. The number of guanidine groups is 2. The summed E-state index contributed by atoms with van der Waals surface area (Å²) in [6, 6.07) is 17.8. The Morgan fingerprint density at radius 1 is 0.377 bits per heavy atom. The molecule has 15 atom stereocenters. The van der Waals surface area contributed by atoms with Crippen LogP contribution in [0, 0.1) is 22.7 Å². The zero-order chi connectivity index (χ0) is 104. The Morgan fingerprint density at radius 3 is 0.952 bits per heavy atom. The zero-order valence-electron chi connectivity index (χ0n) is 82.7. The van der Waals surface area contributed by atoms with Gasteiger partial charge in [0.2, 0.25) is 76.8 Å². The summed E-state index contributed by atoms with van der Waals surface area (Å²) < 4.78 is 0. The molecule has 0 radical (unpaired) electrons. The molecule has 8 heterocycles. The highest BCUT2D eigenvalue weighted by Crippen LogP contribution is 2.31. The molecule has 5 aromatic carbocycles. The highest BCUT2D eigenvalue weighted by molar-refractivity contribution is 6.03. The molecule has 3 saturated heterocycles. The van der Waals surface area contributed by atoms with E-state index < -0.39 is 174 Å². The fourth-order valence-corrected chi connectivity index (χ4v) is 19.8. The molecule has 0 bridgehead atoms. The molecule has 42 nitrogen and oxygen atoms in total. The molecule has 780 valence electrons. The van der Waals surface area contributed by atoms with Crippen LogP contribution in [0.3, 0.4) is 0 Å². The number of aromatic nitrogens is 5. The van der Waals surface area contributed by atoms with Crippen molar-refractivity contribution in [3.63, 3.8) is 0 Å². The van der Waals surface area contributed by atoms with Crippen LogP contribution in [0.5, 0.6) is 0 Å². The summed E-state index contributed by atoms with van der Waals surface area (Å²) in [5.74, 6) is -12.2. The number of nitrogens with two attached hydrogens (primary N) is 4. The largest absolute Gasteiger partial charge is 0.480 e. The summed E-state index contributed by atoms with van der Waals surface area (Å²) in [5, 5.41) is 72.6. The lowest BCUT2D eigenvalue weighted by Crippen LogP contribution is -2.61. The number of hydrogen-bond donors (Lipinski definition) is 25. The van der Waals surface area contributed by atoms with Gasteiger partial charge in [0.05, 0.1) is 6.04 Å². The number of para-hydroxylation sites is 5. The number of aromatic amines is 5. The van der Waals surface area contributed by atoms with Gasteiger partial charge in [-0.25, -0.2) is 4.79 Å². The van der Waals surface area contributed by atoms with E-state index in [0.29, 0.717) is 86.2 Å². The quantitative estimate of drug-likeness (QED) is 0.0148. The highest BCUT2D eigenvalue weighted by atomic mass is 16.4. The Kier molecular flexibility index (Phi) is 38.0. The monoisotopic (exact) mass is 2010 g/mol. The number of nitrogens with one attached hydrogen (secondary N) is 19. The molecule has 13 amide bonds. The number of amides is 13. The molecular weight excluding hydrogens is 1870 g/mol. The Balaban J connectivity index is 0.775. The van der Waals surface area contributed by atoms with E-state index in [1.54, 1.807) is 49.2 Å². The molecule has 10 aromatic rings. The number of nitrogens with zero attached hydrogens (tertiary/aromatic N) is 3. The number of aliphatic hydroxyl groups excluding tert-OH is 1. The number of benzene rings is 5. The first kappa shape index (κ1) is 108. The maximum Gasteiger partial charge on any atom is 0.326 e. The van der Waals surface area contributed by atoms with Crippen LogP contribution in [0.1, 0.15) is 158 Å². The minimum Gasteiger partial charge on any atom is -0.480 e. The van der Waals surface area contributed by atoms with E-state index >= 15 is 43.2 Å². The van der Waals surface area contributed by atoms with E-state index in [1.807, 2.05) is 131 Å². The number of carbonyl (C=O) groups excluding carboxylic acids is 13. The van der Waals surface area contributed by atoms with E-state index in [0.717, 1.165) is 21.8 Å². The van der Waals surface area contributed by atoms with E-state index in [2.05, 4.69) is 88.7 Å². The van der Waals surface area contributed by atoms with Crippen LogP contribution in [-0.4, -0.2) is 275 Å². The number of rotatable bonds is 52. The maximum atomic E-state index is 16.2. The number of hydrogen-bond acceptors (Lipinski definition) is 19. The molecule has 0 saturated carbocycles. The lowest BCUT2D eigenvalue weighted by molar-refractivity contribution is -0.143. The van der Waals surface area contributed by atoms with E-state index in [-0.39, 0.29) is 172 Å². The molecule has 3 aliphatic heterocycles. The van der Waals surface area contributed by atoms with Crippen molar-refractivity contribution in [2.45, 2.75) is 247 Å². The fourth-order valence-electron chi connectivity index (χ4n) is 19.8. The van der Waals surface area contributed by atoms with Crippen LogP contribution < -0.4 is 86.7 Å². The van der Waals surface area contributed by atoms with Gasteiger partial charge in [0.25, 0.3) is 0 Å². The van der Waals surface area contributed by atoms with Crippen molar-refractivity contribution in [1.82, 2.24) is 103 Å². The van der Waals surface area contributed by atoms with Gasteiger partial charge in [-0.15, -0.1) is 0 Å². The Labute approximate surface area is 844 Å². The number of aliphatic hydroxyl groups is 1. The molecule has 29 N–H and O–H groups in total. The van der Waals surface area contributed by atoms with Crippen molar-refractivity contribution < 1.29 is 77.3 Å². The van der Waals surface area contributed by atoms with E-state index in [9.17, 15) is 34.2 Å². The van der Waals surface area contributed by atoms with Crippen molar-refractivity contribution in [3.8, 4) is 0 Å². The number of aliphatic carboxylic acids is 1. The molecule has 146 heavy (non-hydrogen) atoms. The van der Waals surface area contributed by atoms with Gasteiger partial charge in [-0.3, -0.25) is 73.1 Å². The Morgan fingerprint density at radius 2 is 0.658 bits per heavy atom. The van der Waals surface area contributed by atoms with Gasteiger partial charge >= 0.3 is 5.97 Å². The van der Waals surface area contributed by atoms with E-state index in [1.165, 1.54) is 14.7 Å². The summed E-state index contributed by atoms with van der Waals surface area (Å²) in [4.78, 5) is 232. The average Bonchev–Trinajstić information content (AvgIpc) is 1.64. The normalized spacial score (nSPS) is 17.2. The molecule has 0 unspecified atom stereocenters. The lowest BCUT2D eigenvalue weighted by atomic mass is 9.97. The third kappa shape index (κ3) is 27.9. The zero-order valence-corrected chi connectivity index (χ0v) is 82.7. The maximum absolute atomic E-state index is 16.2. The second-order valence-electron chi connectivity index (χ2n) is 38.6. The van der Waals surface area contributed by atoms with Crippen LogP contribution in [0.4, 0.5) is 0 Å². The standard InChI is InChI=1S/C104H138N26O16/c1-5-59(4)88(106)98(141)127-82(47-58(2)3)99(142)128-43-20-36-85(128)95(138)122-79(48-60-53-113-70-28-11-6-23-65(60)70)92(135)119-75(33-16-17-40-105)91(134)125-83(51-63-56-116-73-31-14-9-26-68(63)73)100(143)129-44-21-38-87(129)97(140)124-81(50-62-55-115-72-30-13-8-25-67(62)72)94(137)126-84(52-64-57-117-74-32-15-10-27-69(64)74)101(144)130-45-22-37-86(130)96(139)123-80(49-61-54-114-71-29-12-7-24-66(61)71)93(136)120-76(34-18-41-111-103(107)108)89(132)118-77(35-19-42-112-104(109)110)90(133)121-78(39-46-131)102(145)146/h6-15,23-32,53-59,75-88,113-117,131H,5,16-22,33-52,105-106H2,1-4H3,(H,118,132)(H,119,135)(H,120,136)(H,121,133)(H,122,138)(H,123,139)(H,124,140)(H,125,134)(H,126,137)(H,127,141)(H,145,146)(H4,107,108,111)(H4,109,110,112)/t59-,75-,76-,77-,78-,79-,80-,81-,82-,83-,84-,85-,86-,87-,88-/m0/s1. The molecule has 42 heteroatoms. The van der Waals surface area contributed by atoms with Gasteiger partial charge in [-0.05, 0) is 166 Å². The fraction of sp³-hybridized carbons (Fsp3) is 0.462. The van der Waals surface area contributed by atoms with Crippen molar-refractivity contribution in [2.75, 3.05) is 45.9 Å². The molecule has 0 spiro atoms. The third-order valence-electron chi connectivity index (χ3n) is 27.9. The molecule has 3 fully saturated rings. The van der Waals surface area contributed by atoms with E-state index in [4.69, 9.17) is 33.8 Å². The predicted octanol–water partition coefficient (Wildman–Crippen LogP) is 2.97. The van der Waals surface area contributed by atoms with Crippen LogP contribution in [0.15, 0.2) is 152 Å². The molecule has 3 aliphatic rings. The SMILES string of the molecule is CC[C@H](C)[C@H](N)C(=O)N[C@@H](CC(C)C)C(=O)N1CCC[C@H]1C(=O)N[C@@H](Cc1c[nH]c2ccccc12)C(=O)N[C@@H](CCCCN)C(=O)N[C@@H](Cc1c[nH]c2ccccc12)C(=O)N1CCC[C@H]1C(=O)N[C@@H](Cc1c[nH]c2ccccc12)C(=O)N[C@@H](Cc1c[nH]c2ccccc12)C(=O)N1CCC[C@H]1C(=O)N[C@@H](Cc1c[nH]c2ccccc12)C(=O)N[C@@H](CCCNC(=N)N)C(=O)N[C@@H](CCCNC(=N)N)C(=O)N[C@@H](CCO)C(=O)O.